The Hall–Kier alpha value is -1.19. The summed E-state index contributed by atoms with van der Waals surface area (Å²) in [5.74, 6) is 0.662. The van der Waals surface area contributed by atoms with Gasteiger partial charge < -0.3 is 5.73 Å². The standard InChI is InChI=1S/C17H22N2S/c1-12-13(2)20-16(19-12)17(18)10-8-15(9-11-17)14-6-4-3-5-7-14/h3-7,15H,8-11,18H2,1-2H3. The third-order valence-corrected chi connectivity index (χ3v) is 5.90. The molecule has 0 saturated heterocycles. The fraction of sp³-hybridized carbons (Fsp3) is 0.471. The SMILES string of the molecule is Cc1nc(C2(N)CCC(c3ccccc3)CC2)sc1C. The minimum atomic E-state index is -0.199. The predicted octanol–water partition coefficient (Wildman–Crippen LogP) is 4.27. The highest BCUT2D eigenvalue weighted by Crippen LogP contribution is 2.43. The van der Waals surface area contributed by atoms with E-state index in [9.17, 15) is 0 Å². The van der Waals surface area contributed by atoms with Crippen LogP contribution in [0.5, 0.6) is 0 Å². The lowest BCUT2D eigenvalue weighted by atomic mass is 9.75. The van der Waals surface area contributed by atoms with E-state index in [1.54, 1.807) is 11.3 Å². The zero-order valence-electron chi connectivity index (χ0n) is 12.2. The van der Waals surface area contributed by atoms with Gasteiger partial charge in [0.1, 0.15) is 5.01 Å². The van der Waals surface area contributed by atoms with E-state index in [0.717, 1.165) is 36.4 Å². The Labute approximate surface area is 125 Å². The zero-order valence-corrected chi connectivity index (χ0v) is 13.0. The Morgan fingerprint density at radius 3 is 2.35 bits per heavy atom. The molecule has 0 atom stereocenters. The summed E-state index contributed by atoms with van der Waals surface area (Å²) in [6.07, 6.45) is 4.41. The van der Waals surface area contributed by atoms with Gasteiger partial charge in [0, 0.05) is 4.88 Å². The molecule has 0 aliphatic heterocycles. The molecular weight excluding hydrogens is 264 g/mol. The van der Waals surface area contributed by atoms with Crippen LogP contribution in [-0.4, -0.2) is 4.98 Å². The van der Waals surface area contributed by atoms with Crippen LogP contribution in [0.3, 0.4) is 0 Å². The van der Waals surface area contributed by atoms with Crippen LogP contribution < -0.4 is 5.73 Å². The number of nitrogens with zero attached hydrogens (tertiary/aromatic N) is 1. The number of thiazole rings is 1. The molecule has 20 heavy (non-hydrogen) atoms. The highest BCUT2D eigenvalue weighted by atomic mass is 32.1. The fourth-order valence-corrected chi connectivity index (χ4v) is 4.16. The lowest BCUT2D eigenvalue weighted by Gasteiger charge is -2.35. The molecule has 2 nitrogen and oxygen atoms in total. The van der Waals surface area contributed by atoms with Crippen molar-refractivity contribution >= 4 is 11.3 Å². The van der Waals surface area contributed by atoms with Gasteiger partial charge in [-0.1, -0.05) is 30.3 Å². The maximum Gasteiger partial charge on any atom is 0.113 e. The van der Waals surface area contributed by atoms with E-state index < -0.39 is 0 Å². The maximum atomic E-state index is 6.65. The van der Waals surface area contributed by atoms with E-state index in [2.05, 4.69) is 44.2 Å². The minimum absolute atomic E-state index is 0.199. The van der Waals surface area contributed by atoms with Crippen molar-refractivity contribution in [2.45, 2.75) is 51.0 Å². The molecule has 106 valence electrons. The number of aryl methyl sites for hydroxylation is 2. The molecule has 3 heteroatoms. The van der Waals surface area contributed by atoms with Gasteiger partial charge in [-0.25, -0.2) is 4.98 Å². The van der Waals surface area contributed by atoms with Crippen molar-refractivity contribution in [1.82, 2.24) is 4.98 Å². The van der Waals surface area contributed by atoms with Crippen LogP contribution in [0.1, 0.15) is 52.7 Å². The quantitative estimate of drug-likeness (QED) is 0.895. The molecule has 0 spiro atoms. The predicted molar refractivity (Wildman–Crippen MR) is 85.1 cm³/mol. The second-order valence-corrected chi connectivity index (χ2v) is 7.20. The van der Waals surface area contributed by atoms with Crippen molar-refractivity contribution in [2.75, 3.05) is 0 Å². The first-order valence-corrected chi connectivity index (χ1v) is 8.18. The Morgan fingerprint density at radius 1 is 1.15 bits per heavy atom. The molecule has 2 N–H and O–H groups in total. The maximum absolute atomic E-state index is 6.65. The Balaban J connectivity index is 1.74. The van der Waals surface area contributed by atoms with Gasteiger partial charge in [0.05, 0.1) is 11.2 Å². The van der Waals surface area contributed by atoms with Crippen LogP contribution in [0.25, 0.3) is 0 Å². The highest BCUT2D eigenvalue weighted by Gasteiger charge is 2.36. The highest BCUT2D eigenvalue weighted by molar-refractivity contribution is 7.11. The number of hydrogen-bond donors (Lipinski definition) is 1. The molecule has 1 aliphatic carbocycles. The third kappa shape index (κ3) is 2.52. The average molecular weight is 286 g/mol. The monoisotopic (exact) mass is 286 g/mol. The van der Waals surface area contributed by atoms with Crippen molar-refractivity contribution in [3.8, 4) is 0 Å². The molecule has 1 fully saturated rings. The Morgan fingerprint density at radius 2 is 1.80 bits per heavy atom. The van der Waals surface area contributed by atoms with Crippen molar-refractivity contribution < 1.29 is 0 Å². The normalized spacial score (nSPS) is 26.6. The van der Waals surface area contributed by atoms with E-state index in [0.29, 0.717) is 5.92 Å². The molecule has 1 aromatic heterocycles. The van der Waals surface area contributed by atoms with Crippen LogP contribution in [0, 0.1) is 13.8 Å². The van der Waals surface area contributed by atoms with E-state index >= 15 is 0 Å². The topological polar surface area (TPSA) is 38.9 Å². The second kappa shape index (κ2) is 5.30. The van der Waals surface area contributed by atoms with E-state index in [1.165, 1.54) is 10.4 Å². The first kappa shape index (κ1) is 13.8. The van der Waals surface area contributed by atoms with Gasteiger partial charge in [0.25, 0.3) is 0 Å². The molecule has 3 rings (SSSR count). The summed E-state index contributed by atoms with van der Waals surface area (Å²) in [7, 11) is 0. The number of benzene rings is 1. The van der Waals surface area contributed by atoms with Crippen LogP contribution >= 0.6 is 11.3 Å². The molecule has 1 heterocycles. The van der Waals surface area contributed by atoms with Crippen LogP contribution in [0.2, 0.25) is 0 Å². The van der Waals surface area contributed by atoms with E-state index in [-0.39, 0.29) is 5.54 Å². The van der Waals surface area contributed by atoms with Gasteiger partial charge in [-0.15, -0.1) is 11.3 Å². The van der Waals surface area contributed by atoms with Crippen molar-refractivity contribution in [3.05, 3.63) is 51.5 Å². The number of aromatic nitrogens is 1. The van der Waals surface area contributed by atoms with Gasteiger partial charge in [-0.05, 0) is 51.0 Å². The van der Waals surface area contributed by atoms with E-state index in [4.69, 9.17) is 10.7 Å². The Kier molecular flexibility index (Phi) is 3.65. The lowest BCUT2D eigenvalue weighted by molar-refractivity contribution is 0.276. The first-order valence-electron chi connectivity index (χ1n) is 7.37. The van der Waals surface area contributed by atoms with Crippen molar-refractivity contribution in [1.29, 1.82) is 0 Å². The van der Waals surface area contributed by atoms with Crippen molar-refractivity contribution in [3.63, 3.8) is 0 Å². The summed E-state index contributed by atoms with van der Waals surface area (Å²) < 4.78 is 0. The first-order chi connectivity index (χ1) is 9.58. The molecule has 0 bridgehead atoms. The van der Waals surface area contributed by atoms with Crippen LogP contribution in [0.4, 0.5) is 0 Å². The van der Waals surface area contributed by atoms with Crippen LogP contribution in [0.15, 0.2) is 30.3 Å². The molecule has 1 aliphatic rings. The molecule has 0 unspecified atom stereocenters. The molecule has 1 aromatic carbocycles. The summed E-state index contributed by atoms with van der Waals surface area (Å²) in [5, 5.41) is 1.14. The lowest BCUT2D eigenvalue weighted by Crippen LogP contribution is -2.40. The molecular formula is C17H22N2S. The number of nitrogens with two attached hydrogens (primary N) is 1. The van der Waals surface area contributed by atoms with Gasteiger partial charge in [-0.2, -0.15) is 0 Å². The molecule has 0 amide bonds. The molecule has 2 aromatic rings. The molecule has 0 radical (unpaired) electrons. The average Bonchev–Trinajstić information content (AvgIpc) is 2.81. The van der Waals surface area contributed by atoms with Crippen LogP contribution in [-0.2, 0) is 5.54 Å². The van der Waals surface area contributed by atoms with Gasteiger partial charge in [0.2, 0.25) is 0 Å². The summed E-state index contributed by atoms with van der Waals surface area (Å²) in [6.45, 7) is 4.21. The Bertz CT molecular complexity index is 561. The zero-order chi connectivity index (χ0) is 14.2. The van der Waals surface area contributed by atoms with Gasteiger partial charge in [-0.3, -0.25) is 0 Å². The fourth-order valence-electron chi connectivity index (χ4n) is 3.09. The largest absolute Gasteiger partial charge is 0.319 e. The summed E-state index contributed by atoms with van der Waals surface area (Å²) >= 11 is 1.78. The number of hydrogen-bond acceptors (Lipinski definition) is 3. The van der Waals surface area contributed by atoms with E-state index in [1.807, 2.05) is 0 Å². The number of rotatable bonds is 2. The van der Waals surface area contributed by atoms with Gasteiger partial charge in [0.15, 0.2) is 0 Å². The third-order valence-electron chi connectivity index (χ3n) is 4.60. The summed E-state index contributed by atoms with van der Waals surface area (Å²) in [6, 6.07) is 10.8. The van der Waals surface area contributed by atoms with Crippen molar-refractivity contribution in [2.24, 2.45) is 5.73 Å². The smallest absolute Gasteiger partial charge is 0.113 e. The molecule has 1 saturated carbocycles. The minimum Gasteiger partial charge on any atom is -0.319 e. The summed E-state index contributed by atoms with van der Waals surface area (Å²) in [5.41, 5.74) is 9.05. The second-order valence-electron chi connectivity index (χ2n) is 6.00. The summed E-state index contributed by atoms with van der Waals surface area (Å²) in [4.78, 5) is 6.00. The van der Waals surface area contributed by atoms with Gasteiger partial charge >= 0.3 is 0 Å².